The zero-order valence-electron chi connectivity index (χ0n) is 15.1. The van der Waals surface area contributed by atoms with Crippen molar-refractivity contribution in [3.05, 3.63) is 65.0 Å². The zero-order valence-corrected chi connectivity index (χ0v) is 15.9. The Balaban J connectivity index is 1.46. The molecule has 0 aliphatic carbocycles. The number of carbonyl (C=O) groups is 1. The van der Waals surface area contributed by atoms with Crippen molar-refractivity contribution in [2.45, 2.75) is 19.1 Å². The number of halogens is 1. The Labute approximate surface area is 165 Å². The van der Waals surface area contributed by atoms with Gasteiger partial charge in [-0.3, -0.25) is 10.1 Å². The lowest BCUT2D eigenvalue weighted by molar-refractivity contribution is -0.0176. The molecule has 3 heterocycles. The first kappa shape index (κ1) is 18.5. The lowest BCUT2D eigenvalue weighted by atomic mass is 10.1. The molecule has 1 aliphatic rings. The quantitative estimate of drug-likeness (QED) is 0.725. The van der Waals surface area contributed by atoms with Gasteiger partial charge in [0.05, 0.1) is 11.7 Å². The molecule has 4 rings (SSSR count). The van der Waals surface area contributed by atoms with Crippen LogP contribution in [-0.4, -0.2) is 40.3 Å². The summed E-state index contributed by atoms with van der Waals surface area (Å²) in [7, 11) is 0. The molecule has 28 heavy (non-hydrogen) atoms. The molecule has 2 unspecified atom stereocenters. The number of benzene rings is 1. The molecule has 2 aromatic heterocycles. The number of rotatable bonds is 4. The van der Waals surface area contributed by atoms with E-state index in [1.807, 2.05) is 13.0 Å². The summed E-state index contributed by atoms with van der Waals surface area (Å²) >= 11 is 1.25. The molecule has 1 aliphatic heterocycles. The SMILES string of the molecule is CC1CN(c2ccc(C(=O)Nc3nncs3)cn2)CC(c2ccc(F)cc2)O1. The third-order valence-electron chi connectivity index (χ3n) is 4.42. The molecule has 7 nitrogen and oxygen atoms in total. The molecule has 1 aromatic carbocycles. The van der Waals surface area contributed by atoms with Crippen molar-refractivity contribution in [3.63, 3.8) is 0 Å². The van der Waals surface area contributed by atoms with Crippen LogP contribution in [0.3, 0.4) is 0 Å². The second kappa shape index (κ2) is 7.99. The second-order valence-electron chi connectivity index (χ2n) is 6.49. The van der Waals surface area contributed by atoms with Crippen LogP contribution in [-0.2, 0) is 4.74 Å². The number of morpholine rings is 1. The number of amides is 1. The third kappa shape index (κ3) is 4.15. The predicted octanol–water partition coefficient (Wildman–Crippen LogP) is 3.29. The van der Waals surface area contributed by atoms with E-state index in [-0.39, 0.29) is 23.9 Å². The van der Waals surface area contributed by atoms with E-state index in [1.54, 1.807) is 29.9 Å². The first-order valence-electron chi connectivity index (χ1n) is 8.78. The van der Waals surface area contributed by atoms with Gasteiger partial charge >= 0.3 is 0 Å². The predicted molar refractivity (Wildman–Crippen MR) is 104 cm³/mol. The minimum atomic E-state index is -0.282. The first-order chi connectivity index (χ1) is 13.6. The van der Waals surface area contributed by atoms with Crippen LogP contribution >= 0.6 is 11.3 Å². The highest BCUT2D eigenvalue weighted by atomic mass is 32.1. The number of hydrogen-bond donors (Lipinski definition) is 1. The Hall–Kier alpha value is -2.91. The molecular formula is C19H18FN5O2S. The summed E-state index contributed by atoms with van der Waals surface area (Å²) in [6.45, 7) is 3.27. The number of aromatic nitrogens is 3. The minimum absolute atomic E-state index is 0.00835. The summed E-state index contributed by atoms with van der Waals surface area (Å²) in [5.41, 5.74) is 2.91. The largest absolute Gasteiger partial charge is 0.367 e. The Bertz CT molecular complexity index is 934. The molecule has 0 bridgehead atoms. The van der Waals surface area contributed by atoms with Crippen LogP contribution in [0.4, 0.5) is 15.3 Å². The number of nitrogens with zero attached hydrogens (tertiary/aromatic N) is 4. The van der Waals surface area contributed by atoms with Crippen LogP contribution in [0.5, 0.6) is 0 Å². The number of hydrogen-bond acceptors (Lipinski definition) is 7. The van der Waals surface area contributed by atoms with E-state index in [0.717, 1.165) is 11.4 Å². The van der Waals surface area contributed by atoms with Crippen LogP contribution in [0.2, 0.25) is 0 Å². The maximum absolute atomic E-state index is 13.2. The van der Waals surface area contributed by atoms with Gasteiger partial charge in [0.25, 0.3) is 5.91 Å². The van der Waals surface area contributed by atoms with E-state index in [0.29, 0.717) is 23.8 Å². The topological polar surface area (TPSA) is 80.2 Å². The lowest BCUT2D eigenvalue weighted by Crippen LogP contribution is -2.43. The van der Waals surface area contributed by atoms with Crippen molar-refractivity contribution in [2.75, 3.05) is 23.3 Å². The van der Waals surface area contributed by atoms with Gasteiger partial charge in [-0.15, -0.1) is 10.2 Å². The van der Waals surface area contributed by atoms with Gasteiger partial charge in [-0.05, 0) is 36.8 Å². The number of anilines is 2. The summed E-state index contributed by atoms with van der Waals surface area (Å²) in [5.74, 6) is 0.207. The van der Waals surface area contributed by atoms with Gasteiger partial charge < -0.3 is 9.64 Å². The average Bonchev–Trinajstić information content (AvgIpc) is 3.21. The van der Waals surface area contributed by atoms with Gasteiger partial charge in [-0.1, -0.05) is 23.5 Å². The molecule has 0 saturated carbocycles. The summed E-state index contributed by atoms with van der Waals surface area (Å²) in [5, 5.41) is 10.6. The molecule has 9 heteroatoms. The highest BCUT2D eigenvalue weighted by Gasteiger charge is 2.27. The molecule has 1 saturated heterocycles. The Morgan fingerprint density at radius 3 is 2.75 bits per heavy atom. The number of pyridine rings is 1. The Morgan fingerprint density at radius 2 is 2.07 bits per heavy atom. The van der Waals surface area contributed by atoms with Crippen LogP contribution < -0.4 is 10.2 Å². The van der Waals surface area contributed by atoms with Crippen LogP contribution in [0.15, 0.2) is 48.1 Å². The van der Waals surface area contributed by atoms with E-state index >= 15 is 0 Å². The molecule has 2 atom stereocenters. The van der Waals surface area contributed by atoms with Crippen LogP contribution in [0.1, 0.15) is 28.9 Å². The van der Waals surface area contributed by atoms with Crippen molar-refractivity contribution in [2.24, 2.45) is 0 Å². The molecule has 144 valence electrons. The first-order valence-corrected chi connectivity index (χ1v) is 9.66. The number of ether oxygens (including phenoxy) is 1. The van der Waals surface area contributed by atoms with Crippen molar-refractivity contribution in [3.8, 4) is 0 Å². The average molecular weight is 399 g/mol. The fraction of sp³-hybridized carbons (Fsp3) is 0.263. The van der Waals surface area contributed by atoms with Gasteiger partial charge in [-0.25, -0.2) is 9.37 Å². The van der Waals surface area contributed by atoms with Gasteiger partial charge in [0.2, 0.25) is 5.13 Å². The van der Waals surface area contributed by atoms with E-state index in [2.05, 4.69) is 25.4 Å². The van der Waals surface area contributed by atoms with Crippen molar-refractivity contribution in [1.29, 1.82) is 0 Å². The Kier molecular flexibility index (Phi) is 5.27. The molecule has 3 aromatic rings. The second-order valence-corrected chi connectivity index (χ2v) is 7.33. The standard InChI is InChI=1S/C19H18FN5O2S/c1-12-9-25(10-16(27-12)13-2-5-15(20)6-3-13)17-7-4-14(8-21-17)18(26)23-19-24-22-11-28-19/h2-8,11-12,16H,9-10H2,1H3,(H,23,24,26). The number of carbonyl (C=O) groups excluding carboxylic acids is 1. The highest BCUT2D eigenvalue weighted by molar-refractivity contribution is 7.13. The molecule has 0 radical (unpaired) electrons. The Morgan fingerprint density at radius 1 is 1.25 bits per heavy atom. The fourth-order valence-corrected chi connectivity index (χ4v) is 3.54. The smallest absolute Gasteiger partial charge is 0.259 e. The zero-order chi connectivity index (χ0) is 19.5. The van der Waals surface area contributed by atoms with E-state index in [1.165, 1.54) is 23.5 Å². The highest BCUT2D eigenvalue weighted by Crippen LogP contribution is 2.28. The van der Waals surface area contributed by atoms with Crippen LogP contribution in [0.25, 0.3) is 0 Å². The van der Waals surface area contributed by atoms with Gasteiger partial charge in [0.1, 0.15) is 23.2 Å². The monoisotopic (exact) mass is 399 g/mol. The van der Waals surface area contributed by atoms with Crippen molar-refractivity contribution in [1.82, 2.24) is 15.2 Å². The maximum atomic E-state index is 13.2. The summed E-state index contributed by atoms with van der Waals surface area (Å²) in [6.07, 6.45) is 1.36. The molecule has 1 fully saturated rings. The molecular weight excluding hydrogens is 381 g/mol. The van der Waals surface area contributed by atoms with E-state index in [9.17, 15) is 9.18 Å². The van der Waals surface area contributed by atoms with Gasteiger partial charge in [0.15, 0.2) is 0 Å². The van der Waals surface area contributed by atoms with E-state index in [4.69, 9.17) is 4.74 Å². The summed E-state index contributed by atoms with van der Waals surface area (Å²) in [4.78, 5) is 18.8. The normalized spacial score (nSPS) is 19.4. The maximum Gasteiger partial charge on any atom is 0.259 e. The molecule has 0 spiro atoms. The van der Waals surface area contributed by atoms with Gasteiger partial charge in [-0.2, -0.15) is 0 Å². The summed E-state index contributed by atoms with van der Waals surface area (Å²) in [6, 6.07) is 9.90. The lowest BCUT2D eigenvalue weighted by Gasteiger charge is -2.37. The minimum Gasteiger partial charge on any atom is -0.367 e. The molecule has 1 amide bonds. The van der Waals surface area contributed by atoms with Gasteiger partial charge in [0, 0.05) is 19.3 Å². The van der Waals surface area contributed by atoms with Crippen molar-refractivity contribution >= 4 is 28.2 Å². The van der Waals surface area contributed by atoms with Crippen molar-refractivity contribution < 1.29 is 13.9 Å². The fourth-order valence-electron chi connectivity index (χ4n) is 3.10. The number of nitrogens with one attached hydrogen (secondary N) is 1. The van der Waals surface area contributed by atoms with Crippen LogP contribution in [0, 0.1) is 5.82 Å². The molecule has 1 N–H and O–H groups in total. The van der Waals surface area contributed by atoms with E-state index < -0.39 is 0 Å². The summed E-state index contributed by atoms with van der Waals surface area (Å²) < 4.78 is 19.2. The third-order valence-corrected chi connectivity index (χ3v) is 5.02.